The van der Waals surface area contributed by atoms with E-state index in [4.69, 9.17) is 0 Å². The third-order valence-corrected chi connectivity index (χ3v) is 8.28. The minimum absolute atomic E-state index is 0.130. The van der Waals surface area contributed by atoms with Crippen LogP contribution in [-0.4, -0.2) is 71.3 Å². The van der Waals surface area contributed by atoms with Gasteiger partial charge in [0, 0.05) is 55.9 Å². The number of carbonyl (C=O) groups is 2. The number of hydrogen-bond acceptors (Lipinski definition) is 3. The van der Waals surface area contributed by atoms with E-state index in [1.807, 2.05) is 29.2 Å². The van der Waals surface area contributed by atoms with E-state index in [1.54, 1.807) is 0 Å². The van der Waals surface area contributed by atoms with Crippen molar-refractivity contribution < 1.29 is 9.59 Å². The predicted octanol–water partition coefficient (Wildman–Crippen LogP) is 4.21. The minimum Gasteiger partial charge on any atom is -0.339 e. The summed E-state index contributed by atoms with van der Waals surface area (Å²) >= 11 is 0. The molecule has 2 amide bonds. The highest BCUT2D eigenvalue weighted by atomic mass is 16.2. The highest BCUT2D eigenvalue weighted by Crippen LogP contribution is 2.32. The smallest absolute Gasteiger partial charge is 0.254 e. The van der Waals surface area contributed by atoms with Gasteiger partial charge in [0.1, 0.15) is 0 Å². The number of benzene rings is 2. The Hall–Kier alpha value is -2.66. The molecule has 2 aromatic rings. The van der Waals surface area contributed by atoms with Crippen LogP contribution in [0.1, 0.15) is 64.8 Å². The van der Waals surface area contributed by atoms with Gasteiger partial charge in [0.15, 0.2) is 0 Å². The summed E-state index contributed by atoms with van der Waals surface area (Å²) < 4.78 is 0. The van der Waals surface area contributed by atoms with Crippen molar-refractivity contribution in [2.24, 2.45) is 0 Å². The van der Waals surface area contributed by atoms with Gasteiger partial charge in [0.05, 0.1) is 0 Å². The maximum Gasteiger partial charge on any atom is 0.254 e. The summed E-state index contributed by atoms with van der Waals surface area (Å²) in [6.07, 6.45) is 8.23. The molecule has 0 bridgehead atoms. The second kappa shape index (κ2) is 8.60. The van der Waals surface area contributed by atoms with Crippen molar-refractivity contribution in [3.05, 3.63) is 59.2 Å². The van der Waals surface area contributed by atoms with E-state index in [-0.39, 0.29) is 11.8 Å². The van der Waals surface area contributed by atoms with Crippen molar-refractivity contribution in [1.29, 1.82) is 0 Å². The fourth-order valence-corrected chi connectivity index (χ4v) is 6.07. The first-order valence-electron chi connectivity index (χ1n) is 12.7. The second-order valence-corrected chi connectivity index (χ2v) is 10.2. The van der Waals surface area contributed by atoms with Gasteiger partial charge in [-0.25, -0.2) is 0 Å². The quantitative estimate of drug-likeness (QED) is 0.711. The molecule has 2 aromatic carbocycles. The van der Waals surface area contributed by atoms with Crippen LogP contribution in [0.15, 0.2) is 42.5 Å². The van der Waals surface area contributed by atoms with Gasteiger partial charge in [0.2, 0.25) is 0 Å². The normalized spacial score (nSPS) is 23.6. The Morgan fingerprint density at radius 3 is 2.42 bits per heavy atom. The van der Waals surface area contributed by atoms with Crippen molar-refractivity contribution in [2.75, 3.05) is 32.7 Å². The lowest BCUT2D eigenvalue weighted by atomic mass is 9.91. The maximum absolute atomic E-state index is 13.4. The first kappa shape index (κ1) is 20.9. The van der Waals surface area contributed by atoms with Crippen molar-refractivity contribution in [1.82, 2.24) is 14.7 Å². The zero-order valence-corrected chi connectivity index (χ0v) is 19.3. The van der Waals surface area contributed by atoms with Gasteiger partial charge in [-0.1, -0.05) is 30.7 Å². The highest BCUT2D eigenvalue weighted by Gasteiger charge is 2.37. The van der Waals surface area contributed by atoms with Crippen LogP contribution >= 0.6 is 0 Å². The molecule has 0 N–H and O–H groups in total. The maximum atomic E-state index is 13.4. The summed E-state index contributed by atoms with van der Waals surface area (Å²) in [7, 11) is 0. The van der Waals surface area contributed by atoms with Crippen LogP contribution in [-0.2, 0) is 6.42 Å². The average Bonchev–Trinajstić information content (AvgIpc) is 3.50. The summed E-state index contributed by atoms with van der Waals surface area (Å²) in [6.45, 7) is 4.71. The molecule has 3 aliphatic heterocycles. The van der Waals surface area contributed by atoms with Crippen LogP contribution in [0, 0.1) is 0 Å². The van der Waals surface area contributed by atoms with Crippen LogP contribution < -0.4 is 0 Å². The largest absolute Gasteiger partial charge is 0.339 e. The molecule has 0 radical (unpaired) electrons. The van der Waals surface area contributed by atoms with Crippen molar-refractivity contribution in [2.45, 2.75) is 57.0 Å². The number of likely N-dealkylation sites (tertiary alicyclic amines) is 2. The molecule has 3 fully saturated rings. The monoisotopic (exact) mass is 443 g/mol. The Kier molecular flexibility index (Phi) is 5.45. The molecule has 172 valence electrons. The Labute approximate surface area is 196 Å². The standard InChI is InChI=1S/C28H33N3O2/c32-27(29-13-1-2-14-29)23-6-3-5-20(18-23)21-9-10-26-22(17-21)11-16-31(28(26)33)25-12-15-30(19-25)24-7-4-8-24/h3,5-6,9-10,17-18,24-25H,1-2,4,7-8,11-16,19H2/t25-/m0/s1. The first-order chi connectivity index (χ1) is 16.2. The van der Waals surface area contributed by atoms with Crippen LogP contribution in [0.4, 0.5) is 0 Å². The van der Waals surface area contributed by atoms with Crippen molar-refractivity contribution in [3.8, 4) is 11.1 Å². The SMILES string of the molecule is O=C(c1cccc(-c2ccc3c(c2)CCN([C@H]2CCN(C4CCC4)C2)C3=O)c1)N1CCCC1. The van der Waals surface area contributed by atoms with Gasteiger partial charge < -0.3 is 9.80 Å². The summed E-state index contributed by atoms with van der Waals surface area (Å²) in [5.41, 5.74) is 4.88. The molecule has 1 saturated carbocycles. The molecule has 2 saturated heterocycles. The number of amides is 2. The number of hydrogen-bond donors (Lipinski definition) is 0. The molecular weight excluding hydrogens is 410 g/mol. The summed E-state index contributed by atoms with van der Waals surface area (Å²) in [5, 5.41) is 0. The first-order valence-corrected chi connectivity index (χ1v) is 12.7. The van der Waals surface area contributed by atoms with Gasteiger partial charge in [-0.15, -0.1) is 0 Å². The summed E-state index contributed by atoms with van der Waals surface area (Å²) in [6, 6.07) is 15.3. The Morgan fingerprint density at radius 2 is 1.64 bits per heavy atom. The lowest BCUT2D eigenvalue weighted by Crippen LogP contribution is -2.47. The third-order valence-electron chi connectivity index (χ3n) is 8.28. The molecule has 6 rings (SSSR count). The molecule has 1 aliphatic carbocycles. The van der Waals surface area contributed by atoms with Crippen molar-refractivity contribution >= 4 is 11.8 Å². The van der Waals surface area contributed by atoms with E-state index < -0.39 is 0 Å². The highest BCUT2D eigenvalue weighted by molar-refractivity contribution is 5.98. The fourth-order valence-electron chi connectivity index (χ4n) is 6.07. The van der Waals surface area contributed by atoms with E-state index in [0.29, 0.717) is 6.04 Å². The van der Waals surface area contributed by atoms with E-state index >= 15 is 0 Å². The number of rotatable bonds is 4. The van der Waals surface area contributed by atoms with Crippen LogP contribution in [0.3, 0.4) is 0 Å². The number of fused-ring (bicyclic) bond motifs is 1. The molecule has 1 atom stereocenters. The molecular formula is C28H33N3O2. The van der Waals surface area contributed by atoms with Gasteiger partial charge in [-0.3, -0.25) is 14.5 Å². The third kappa shape index (κ3) is 3.86. The summed E-state index contributed by atoms with van der Waals surface area (Å²) in [5.74, 6) is 0.326. The van der Waals surface area contributed by atoms with Gasteiger partial charge >= 0.3 is 0 Å². The number of nitrogens with zero attached hydrogens (tertiary/aromatic N) is 3. The minimum atomic E-state index is 0.130. The van der Waals surface area contributed by atoms with E-state index in [0.717, 1.165) is 92.3 Å². The lowest BCUT2D eigenvalue weighted by Gasteiger charge is -2.37. The van der Waals surface area contributed by atoms with Gasteiger partial charge in [-0.2, -0.15) is 0 Å². The van der Waals surface area contributed by atoms with Gasteiger partial charge in [-0.05, 0) is 73.4 Å². The zero-order chi connectivity index (χ0) is 22.4. The Balaban J connectivity index is 1.19. The van der Waals surface area contributed by atoms with Crippen LogP contribution in [0.5, 0.6) is 0 Å². The lowest BCUT2D eigenvalue weighted by molar-refractivity contribution is 0.0646. The average molecular weight is 444 g/mol. The van der Waals surface area contributed by atoms with E-state index in [9.17, 15) is 9.59 Å². The van der Waals surface area contributed by atoms with Gasteiger partial charge in [0.25, 0.3) is 11.8 Å². The van der Waals surface area contributed by atoms with Crippen LogP contribution in [0.2, 0.25) is 0 Å². The topological polar surface area (TPSA) is 43.9 Å². The van der Waals surface area contributed by atoms with E-state index in [2.05, 4.69) is 28.0 Å². The molecule has 5 heteroatoms. The predicted molar refractivity (Wildman–Crippen MR) is 129 cm³/mol. The zero-order valence-electron chi connectivity index (χ0n) is 19.3. The fraction of sp³-hybridized carbons (Fsp3) is 0.500. The second-order valence-electron chi connectivity index (χ2n) is 10.2. The molecule has 0 unspecified atom stereocenters. The molecule has 0 aromatic heterocycles. The van der Waals surface area contributed by atoms with Crippen LogP contribution in [0.25, 0.3) is 11.1 Å². The Morgan fingerprint density at radius 1 is 0.818 bits per heavy atom. The number of carbonyl (C=O) groups excluding carboxylic acids is 2. The summed E-state index contributed by atoms with van der Waals surface area (Å²) in [4.78, 5) is 32.9. The van der Waals surface area contributed by atoms with Crippen molar-refractivity contribution in [3.63, 3.8) is 0 Å². The molecule has 3 heterocycles. The Bertz CT molecular complexity index is 1070. The molecule has 4 aliphatic rings. The molecule has 0 spiro atoms. The van der Waals surface area contributed by atoms with E-state index in [1.165, 1.54) is 19.3 Å². The molecule has 5 nitrogen and oxygen atoms in total. The molecule has 33 heavy (non-hydrogen) atoms.